The van der Waals surface area contributed by atoms with Crippen LogP contribution >= 0.6 is 11.8 Å². The zero-order valence-electron chi connectivity index (χ0n) is 10.7. The van der Waals surface area contributed by atoms with Gasteiger partial charge in [0.05, 0.1) is 6.04 Å². The van der Waals surface area contributed by atoms with Crippen LogP contribution in [0.25, 0.3) is 0 Å². The molecule has 1 aromatic heterocycles. The predicted octanol–water partition coefficient (Wildman–Crippen LogP) is 1.92. The smallest absolute Gasteiger partial charge is 0.254 e. The van der Waals surface area contributed by atoms with Crippen LogP contribution in [0.5, 0.6) is 0 Å². The number of rotatable bonds is 3. The van der Waals surface area contributed by atoms with Gasteiger partial charge in [0.15, 0.2) is 5.16 Å². The summed E-state index contributed by atoms with van der Waals surface area (Å²) in [6.45, 7) is 0. The molecule has 2 aromatic rings. The molecule has 3 rings (SSSR count). The number of nitrogens with zero attached hydrogens (tertiary/aromatic N) is 2. The highest BCUT2D eigenvalue weighted by atomic mass is 32.2. The number of thioether (sulfide) groups is 1. The maximum Gasteiger partial charge on any atom is 0.254 e. The normalized spacial score (nSPS) is 16.7. The van der Waals surface area contributed by atoms with Gasteiger partial charge in [-0.05, 0) is 12.1 Å². The standard InChI is InChI=1S/C14H13N3O2S/c18-12(16-10-4-2-1-3-5-10)8-11-9-20-14-15-7-6-13(19)17(11)14/h1-7,11H,8-9H2,(H,16,18). The number of para-hydroxylation sites is 1. The third-order valence-corrected chi connectivity index (χ3v) is 4.21. The summed E-state index contributed by atoms with van der Waals surface area (Å²) in [7, 11) is 0. The lowest BCUT2D eigenvalue weighted by atomic mass is 10.2. The zero-order valence-corrected chi connectivity index (χ0v) is 11.5. The summed E-state index contributed by atoms with van der Waals surface area (Å²) < 4.78 is 1.61. The highest BCUT2D eigenvalue weighted by Crippen LogP contribution is 2.31. The molecule has 0 spiro atoms. The van der Waals surface area contributed by atoms with Gasteiger partial charge in [0.1, 0.15) is 0 Å². The van der Waals surface area contributed by atoms with E-state index in [-0.39, 0.29) is 23.9 Å². The molecule has 1 aliphatic rings. The average Bonchev–Trinajstić information content (AvgIpc) is 2.84. The summed E-state index contributed by atoms with van der Waals surface area (Å²) in [4.78, 5) is 28.0. The van der Waals surface area contributed by atoms with E-state index in [1.807, 2.05) is 30.3 Å². The van der Waals surface area contributed by atoms with Crippen LogP contribution < -0.4 is 10.9 Å². The fourth-order valence-corrected chi connectivity index (χ4v) is 3.31. The lowest BCUT2D eigenvalue weighted by Gasteiger charge is -2.12. The minimum absolute atomic E-state index is 0.0922. The number of hydrogen-bond acceptors (Lipinski definition) is 4. The van der Waals surface area contributed by atoms with Gasteiger partial charge in [0.2, 0.25) is 5.91 Å². The monoisotopic (exact) mass is 287 g/mol. The van der Waals surface area contributed by atoms with Gasteiger partial charge in [0, 0.05) is 30.1 Å². The molecule has 0 saturated heterocycles. The molecule has 0 aliphatic carbocycles. The molecule has 1 amide bonds. The first kappa shape index (κ1) is 12.9. The first-order valence-electron chi connectivity index (χ1n) is 6.29. The molecule has 2 heterocycles. The van der Waals surface area contributed by atoms with Crippen LogP contribution in [0.15, 0.2) is 52.5 Å². The Morgan fingerprint density at radius 2 is 2.15 bits per heavy atom. The van der Waals surface area contributed by atoms with Crippen molar-refractivity contribution in [3.05, 3.63) is 52.9 Å². The second-order valence-corrected chi connectivity index (χ2v) is 5.51. The van der Waals surface area contributed by atoms with Gasteiger partial charge in [-0.3, -0.25) is 14.2 Å². The number of amides is 1. The maximum atomic E-state index is 12.0. The first-order chi connectivity index (χ1) is 9.74. The number of benzene rings is 1. The minimum Gasteiger partial charge on any atom is -0.326 e. The summed E-state index contributed by atoms with van der Waals surface area (Å²) in [5.41, 5.74) is 0.666. The molecule has 1 N–H and O–H groups in total. The van der Waals surface area contributed by atoms with E-state index < -0.39 is 0 Å². The highest BCUT2D eigenvalue weighted by molar-refractivity contribution is 7.99. The molecular formula is C14H13N3O2S. The third-order valence-electron chi connectivity index (χ3n) is 3.09. The van der Waals surface area contributed by atoms with Crippen LogP contribution in [0.4, 0.5) is 5.69 Å². The predicted molar refractivity (Wildman–Crippen MR) is 77.9 cm³/mol. The number of nitrogens with one attached hydrogen (secondary N) is 1. The Kier molecular flexibility index (Phi) is 3.56. The van der Waals surface area contributed by atoms with E-state index in [4.69, 9.17) is 0 Å². The first-order valence-corrected chi connectivity index (χ1v) is 7.28. The molecule has 1 aromatic carbocycles. The van der Waals surface area contributed by atoms with E-state index in [1.54, 1.807) is 4.57 Å². The van der Waals surface area contributed by atoms with E-state index in [0.717, 1.165) is 5.69 Å². The van der Waals surface area contributed by atoms with Gasteiger partial charge in [-0.2, -0.15) is 0 Å². The zero-order chi connectivity index (χ0) is 13.9. The molecule has 0 fully saturated rings. The van der Waals surface area contributed by atoms with Crippen molar-refractivity contribution in [3.8, 4) is 0 Å². The number of anilines is 1. The fourth-order valence-electron chi connectivity index (χ4n) is 2.19. The molecule has 0 saturated carbocycles. The molecule has 5 nitrogen and oxygen atoms in total. The van der Waals surface area contributed by atoms with Crippen molar-refractivity contribution in [2.45, 2.75) is 17.6 Å². The van der Waals surface area contributed by atoms with Gasteiger partial charge in [0.25, 0.3) is 5.56 Å². The van der Waals surface area contributed by atoms with Crippen molar-refractivity contribution in [2.75, 3.05) is 11.1 Å². The minimum atomic E-state index is -0.125. The van der Waals surface area contributed by atoms with Crippen molar-refractivity contribution in [1.82, 2.24) is 9.55 Å². The van der Waals surface area contributed by atoms with Gasteiger partial charge in [-0.1, -0.05) is 30.0 Å². The Balaban J connectivity index is 1.72. The van der Waals surface area contributed by atoms with E-state index in [9.17, 15) is 9.59 Å². The van der Waals surface area contributed by atoms with Crippen LogP contribution in [0.1, 0.15) is 12.5 Å². The summed E-state index contributed by atoms with van der Waals surface area (Å²) in [6, 6.07) is 10.6. The summed E-state index contributed by atoms with van der Waals surface area (Å²) in [5, 5.41) is 3.52. The van der Waals surface area contributed by atoms with Gasteiger partial charge < -0.3 is 5.32 Å². The lowest BCUT2D eigenvalue weighted by molar-refractivity contribution is -0.116. The maximum absolute atomic E-state index is 12.0. The van der Waals surface area contributed by atoms with Crippen LogP contribution in [0.2, 0.25) is 0 Å². The molecule has 1 aliphatic heterocycles. The number of aromatic nitrogens is 2. The van der Waals surface area contributed by atoms with Gasteiger partial charge >= 0.3 is 0 Å². The summed E-state index contributed by atoms with van der Waals surface area (Å²) >= 11 is 1.51. The summed E-state index contributed by atoms with van der Waals surface area (Å²) in [6.07, 6.45) is 1.79. The SMILES string of the molecule is O=C(CC1CSc2nccc(=O)n21)Nc1ccccc1. The molecule has 0 radical (unpaired) electrons. The van der Waals surface area contributed by atoms with Gasteiger partial charge in [-0.15, -0.1) is 0 Å². The van der Waals surface area contributed by atoms with Crippen molar-refractivity contribution in [1.29, 1.82) is 0 Å². The van der Waals surface area contributed by atoms with Crippen molar-refractivity contribution < 1.29 is 4.79 Å². The molecule has 20 heavy (non-hydrogen) atoms. The largest absolute Gasteiger partial charge is 0.326 e. The average molecular weight is 287 g/mol. The number of carbonyl (C=O) groups excluding carboxylic acids is 1. The Hall–Kier alpha value is -2.08. The quantitative estimate of drug-likeness (QED) is 0.876. The Morgan fingerprint density at radius 3 is 2.95 bits per heavy atom. The fraction of sp³-hybridized carbons (Fsp3) is 0.214. The van der Waals surface area contributed by atoms with Crippen molar-refractivity contribution in [2.24, 2.45) is 0 Å². The van der Waals surface area contributed by atoms with Crippen molar-refractivity contribution >= 4 is 23.4 Å². The van der Waals surface area contributed by atoms with Crippen molar-refractivity contribution in [3.63, 3.8) is 0 Å². The van der Waals surface area contributed by atoms with E-state index in [0.29, 0.717) is 10.9 Å². The van der Waals surface area contributed by atoms with E-state index in [1.165, 1.54) is 24.0 Å². The molecule has 1 unspecified atom stereocenters. The Labute approximate surface area is 120 Å². The number of hydrogen-bond donors (Lipinski definition) is 1. The van der Waals surface area contributed by atoms with E-state index >= 15 is 0 Å². The van der Waals surface area contributed by atoms with Gasteiger partial charge in [-0.25, -0.2) is 4.98 Å². The molecular weight excluding hydrogens is 274 g/mol. The van der Waals surface area contributed by atoms with E-state index in [2.05, 4.69) is 10.3 Å². The summed E-state index contributed by atoms with van der Waals surface area (Å²) in [5.74, 6) is 0.611. The third kappa shape index (κ3) is 2.60. The topological polar surface area (TPSA) is 64.0 Å². The Morgan fingerprint density at radius 1 is 1.35 bits per heavy atom. The lowest BCUT2D eigenvalue weighted by Crippen LogP contribution is -2.26. The molecule has 1 atom stereocenters. The second-order valence-electron chi connectivity index (χ2n) is 4.52. The molecule has 102 valence electrons. The van der Waals surface area contributed by atoms with Crippen LogP contribution in [-0.2, 0) is 4.79 Å². The second kappa shape index (κ2) is 5.50. The molecule has 6 heteroatoms. The van der Waals surface area contributed by atoms with Crippen LogP contribution in [0.3, 0.4) is 0 Å². The van der Waals surface area contributed by atoms with Crippen LogP contribution in [-0.4, -0.2) is 21.2 Å². The Bertz CT molecular complexity index is 684. The van der Waals surface area contributed by atoms with Crippen LogP contribution in [0, 0.1) is 0 Å². The number of carbonyl (C=O) groups is 1. The highest BCUT2D eigenvalue weighted by Gasteiger charge is 2.26. The number of fused-ring (bicyclic) bond motifs is 1. The molecule has 0 bridgehead atoms.